The van der Waals surface area contributed by atoms with Crippen molar-refractivity contribution in [2.75, 3.05) is 24.4 Å². The van der Waals surface area contributed by atoms with E-state index in [0.717, 1.165) is 11.3 Å². The molecule has 4 rings (SSSR count). The minimum absolute atomic E-state index is 0.101. The molecule has 30 heavy (non-hydrogen) atoms. The van der Waals surface area contributed by atoms with Gasteiger partial charge in [0.2, 0.25) is 5.91 Å². The van der Waals surface area contributed by atoms with Crippen molar-refractivity contribution in [1.29, 1.82) is 0 Å². The number of nitrogens with one attached hydrogen (secondary N) is 2. The number of fused-ring (bicyclic) bond motifs is 1. The number of rotatable bonds is 5. The van der Waals surface area contributed by atoms with Crippen LogP contribution in [-0.4, -0.2) is 25.5 Å². The molecule has 1 aliphatic heterocycles. The lowest BCUT2D eigenvalue weighted by molar-refractivity contribution is -0.121. The maximum absolute atomic E-state index is 12.6. The van der Waals surface area contributed by atoms with Crippen molar-refractivity contribution in [1.82, 2.24) is 0 Å². The van der Waals surface area contributed by atoms with Crippen molar-refractivity contribution >= 4 is 23.2 Å². The fourth-order valence-corrected chi connectivity index (χ4v) is 3.39. The predicted octanol–water partition coefficient (Wildman–Crippen LogP) is 4.14. The van der Waals surface area contributed by atoms with E-state index in [1.54, 1.807) is 43.5 Å². The highest BCUT2D eigenvalue weighted by Gasteiger charge is 2.25. The zero-order valence-electron chi connectivity index (χ0n) is 16.6. The van der Waals surface area contributed by atoms with Crippen LogP contribution >= 0.6 is 0 Å². The monoisotopic (exact) mass is 402 g/mol. The summed E-state index contributed by atoms with van der Waals surface area (Å²) in [5, 5.41) is 5.74. The van der Waals surface area contributed by atoms with Crippen molar-refractivity contribution < 1.29 is 19.1 Å². The number of ether oxygens (including phenoxy) is 2. The first-order chi connectivity index (χ1) is 14.6. The average molecular weight is 402 g/mol. The molecular formula is C24H22N2O4. The van der Waals surface area contributed by atoms with Gasteiger partial charge < -0.3 is 20.1 Å². The van der Waals surface area contributed by atoms with Crippen LogP contribution in [0.2, 0.25) is 0 Å². The van der Waals surface area contributed by atoms with E-state index in [-0.39, 0.29) is 17.7 Å². The van der Waals surface area contributed by atoms with Gasteiger partial charge in [-0.3, -0.25) is 9.59 Å². The Morgan fingerprint density at radius 1 is 0.933 bits per heavy atom. The molecule has 6 heteroatoms. The third-order valence-corrected chi connectivity index (χ3v) is 5.02. The van der Waals surface area contributed by atoms with Gasteiger partial charge in [0.05, 0.1) is 18.7 Å². The van der Waals surface area contributed by atoms with Gasteiger partial charge in [0.15, 0.2) is 0 Å². The smallest absolute Gasteiger partial charge is 0.255 e. The first-order valence-electron chi connectivity index (χ1n) is 9.70. The van der Waals surface area contributed by atoms with E-state index in [9.17, 15) is 9.59 Å². The van der Waals surface area contributed by atoms with Gasteiger partial charge in [-0.15, -0.1) is 0 Å². The molecule has 0 fully saturated rings. The number of methoxy groups -OCH3 is 1. The summed E-state index contributed by atoms with van der Waals surface area (Å²) in [7, 11) is 1.55. The fourth-order valence-electron chi connectivity index (χ4n) is 3.39. The highest BCUT2D eigenvalue weighted by molar-refractivity contribution is 6.05. The summed E-state index contributed by atoms with van der Waals surface area (Å²) in [6, 6.07) is 21.7. The highest BCUT2D eigenvalue weighted by atomic mass is 16.5. The van der Waals surface area contributed by atoms with E-state index in [4.69, 9.17) is 9.47 Å². The molecule has 0 radical (unpaired) electrons. The molecule has 0 saturated carbocycles. The molecule has 0 saturated heterocycles. The summed E-state index contributed by atoms with van der Waals surface area (Å²) in [6.45, 7) is 0.349. The Morgan fingerprint density at radius 2 is 1.67 bits per heavy atom. The van der Waals surface area contributed by atoms with Crippen LogP contribution in [0.4, 0.5) is 11.4 Å². The first kappa shape index (κ1) is 19.5. The molecule has 1 aliphatic rings. The van der Waals surface area contributed by atoms with E-state index in [1.165, 1.54) is 0 Å². The molecule has 3 aromatic carbocycles. The number of carbonyl (C=O) groups is 2. The Hall–Kier alpha value is -3.80. The number of benzene rings is 3. The van der Waals surface area contributed by atoms with Crippen LogP contribution in [0, 0.1) is 5.92 Å². The molecule has 0 aliphatic carbocycles. The van der Waals surface area contributed by atoms with Gasteiger partial charge in [-0.05, 0) is 54.4 Å². The van der Waals surface area contributed by atoms with Crippen LogP contribution < -0.4 is 20.1 Å². The van der Waals surface area contributed by atoms with E-state index < -0.39 is 0 Å². The maximum Gasteiger partial charge on any atom is 0.255 e. The number of amides is 2. The van der Waals surface area contributed by atoms with Gasteiger partial charge in [-0.25, -0.2) is 0 Å². The largest absolute Gasteiger partial charge is 0.495 e. The first-order valence-corrected chi connectivity index (χ1v) is 9.70. The second-order valence-corrected chi connectivity index (χ2v) is 7.04. The number of carbonyl (C=O) groups excluding carboxylic acids is 2. The SMILES string of the molecule is COc1ccccc1NC(=O)c1ccc(NC(=O)C2COc3ccccc3C2)cc1. The Labute approximate surface area is 174 Å². The van der Waals surface area contributed by atoms with Crippen molar-refractivity contribution in [3.63, 3.8) is 0 Å². The number of hydrogen-bond donors (Lipinski definition) is 2. The molecule has 2 amide bonds. The van der Waals surface area contributed by atoms with Gasteiger partial charge >= 0.3 is 0 Å². The standard InChI is InChI=1S/C24H22N2O4/c1-29-22-9-5-3-7-20(22)26-23(27)16-10-12-19(13-11-16)25-24(28)18-14-17-6-2-4-8-21(17)30-15-18/h2-13,18H,14-15H2,1H3,(H,25,28)(H,26,27). The topological polar surface area (TPSA) is 76.7 Å². The normalized spacial score (nSPS) is 14.8. The number of hydrogen-bond acceptors (Lipinski definition) is 4. The van der Waals surface area contributed by atoms with Gasteiger partial charge in [-0.1, -0.05) is 30.3 Å². The predicted molar refractivity (Wildman–Crippen MR) is 115 cm³/mol. The Bertz CT molecular complexity index is 1060. The summed E-state index contributed by atoms with van der Waals surface area (Å²) >= 11 is 0. The minimum atomic E-state index is -0.256. The zero-order valence-corrected chi connectivity index (χ0v) is 16.6. The molecule has 1 unspecified atom stereocenters. The lowest BCUT2D eigenvalue weighted by Crippen LogP contribution is -2.32. The van der Waals surface area contributed by atoms with Crippen molar-refractivity contribution in [2.45, 2.75) is 6.42 Å². The summed E-state index contributed by atoms with van der Waals surface area (Å²) in [5.74, 6) is 0.816. The van der Waals surface area contributed by atoms with Crippen LogP contribution in [0.1, 0.15) is 15.9 Å². The molecule has 6 nitrogen and oxygen atoms in total. The molecule has 3 aromatic rings. The molecule has 2 N–H and O–H groups in total. The Kier molecular flexibility index (Phi) is 5.66. The molecule has 0 spiro atoms. The van der Waals surface area contributed by atoms with E-state index in [2.05, 4.69) is 10.6 Å². The number of anilines is 2. The summed E-state index contributed by atoms with van der Waals surface area (Å²) in [5.41, 5.74) is 2.74. The quantitative estimate of drug-likeness (QED) is 0.673. The lowest BCUT2D eigenvalue weighted by Gasteiger charge is -2.24. The van der Waals surface area contributed by atoms with Crippen molar-refractivity contribution in [3.05, 3.63) is 83.9 Å². The minimum Gasteiger partial charge on any atom is -0.495 e. The Balaban J connectivity index is 1.38. The number of para-hydroxylation sites is 3. The summed E-state index contributed by atoms with van der Waals surface area (Å²) in [6.07, 6.45) is 0.640. The van der Waals surface area contributed by atoms with Crippen LogP contribution in [0.25, 0.3) is 0 Å². The zero-order chi connectivity index (χ0) is 20.9. The second kappa shape index (κ2) is 8.69. The van der Waals surface area contributed by atoms with Gasteiger partial charge in [0.1, 0.15) is 18.1 Å². The molecule has 1 heterocycles. The molecule has 0 bridgehead atoms. The van der Waals surface area contributed by atoms with Crippen LogP contribution in [0.5, 0.6) is 11.5 Å². The van der Waals surface area contributed by atoms with Gasteiger partial charge in [0, 0.05) is 11.3 Å². The fraction of sp³-hybridized carbons (Fsp3) is 0.167. The van der Waals surface area contributed by atoms with Crippen molar-refractivity contribution in [2.24, 2.45) is 5.92 Å². The summed E-state index contributed by atoms with van der Waals surface area (Å²) in [4.78, 5) is 25.1. The van der Waals surface area contributed by atoms with Gasteiger partial charge in [-0.2, -0.15) is 0 Å². The van der Waals surface area contributed by atoms with Crippen LogP contribution in [0.3, 0.4) is 0 Å². The molecule has 1 atom stereocenters. The maximum atomic E-state index is 12.6. The van der Waals surface area contributed by atoms with Gasteiger partial charge in [0.25, 0.3) is 5.91 Å². The highest BCUT2D eigenvalue weighted by Crippen LogP contribution is 2.28. The molecule has 152 valence electrons. The van der Waals surface area contributed by atoms with E-state index in [0.29, 0.717) is 35.7 Å². The van der Waals surface area contributed by atoms with E-state index >= 15 is 0 Å². The van der Waals surface area contributed by atoms with E-state index in [1.807, 2.05) is 36.4 Å². The second-order valence-electron chi connectivity index (χ2n) is 7.04. The lowest BCUT2D eigenvalue weighted by atomic mass is 9.96. The summed E-state index contributed by atoms with van der Waals surface area (Å²) < 4.78 is 10.9. The Morgan fingerprint density at radius 3 is 2.47 bits per heavy atom. The van der Waals surface area contributed by atoms with Crippen LogP contribution in [0.15, 0.2) is 72.8 Å². The average Bonchev–Trinajstić information content (AvgIpc) is 2.79. The molecular weight excluding hydrogens is 380 g/mol. The molecule has 0 aromatic heterocycles. The third-order valence-electron chi connectivity index (χ3n) is 5.02. The van der Waals surface area contributed by atoms with Crippen LogP contribution in [-0.2, 0) is 11.2 Å². The third kappa shape index (κ3) is 4.27. The van der Waals surface area contributed by atoms with Crippen molar-refractivity contribution in [3.8, 4) is 11.5 Å².